The maximum atomic E-state index is 11.8. The number of nitrogens with one attached hydrogen (secondary N) is 1. The minimum atomic E-state index is -0.710. The average molecular weight is 352 g/mol. The fraction of sp³-hybridized carbons (Fsp3) is 0.533. The minimum absolute atomic E-state index is 0.0277. The number of benzene rings is 1. The van der Waals surface area contributed by atoms with Gasteiger partial charge in [-0.2, -0.15) is 0 Å². The van der Waals surface area contributed by atoms with Crippen molar-refractivity contribution in [2.45, 2.75) is 39.3 Å². The lowest BCUT2D eigenvalue weighted by Crippen LogP contribution is -2.31. The molecule has 0 radical (unpaired) electrons. The molecule has 1 amide bonds. The van der Waals surface area contributed by atoms with E-state index in [2.05, 4.69) is 5.32 Å². The number of carbonyl (C=O) groups is 1. The first-order valence-corrected chi connectivity index (χ1v) is 7.90. The number of carbonyl (C=O) groups excluding carboxylic acids is 1. The second-order valence-electron chi connectivity index (χ2n) is 5.90. The Hall–Kier alpha value is -2.75. The minimum Gasteiger partial charge on any atom is -0.392 e. The summed E-state index contributed by atoms with van der Waals surface area (Å²) in [6.45, 7) is 3.49. The number of rotatable bonds is 6. The third-order valence-electron chi connectivity index (χ3n) is 4.38. The monoisotopic (exact) mass is 352 g/mol. The molecule has 1 heterocycles. The van der Waals surface area contributed by atoms with E-state index in [0.29, 0.717) is 25.9 Å². The Balaban J connectivity index is 2.42. The van der Waals surface area contributed by atoms with Crippen LogP contribution < -0.4 is 5.32 Å². The van der Waals surface area contributed by atoms with E-state index in [1.165, 1.54) is 6.92 Å². The highest BCUT2D eigenvalue weighted by atomic mass is 16.6. The van der Waals surface area contributed by atoms with Gasteiger partial charge in [0.1, 0.15) is 0 Å². The summed E-state index contributed by atoms with van der Waals surface area (Å²) in [5, 5.41) is 35.0. The number of nitro groups is 2. The highest BCUT2D eigenvalue weighted by Gasteiger charge is 2.34. The van der Waals surface area contributed by atoms with Crippen molar-refractivity contribution >= 4 is 23.0 Å². The van der Waals surface area contributed by atoms with Gasteiger partial charge < -0.3 is 15.3 Å². The first-order valence-electron chi connectivity index (χ1n) is 7.90. The van der Waals surface area contributed by atoms with Gasteiger partial charge in [0.05, 0.1) is 16.5 Å². The Morgan fingerprint density at radius 3 is 2.60 bits per heavy atom. The van der Waals surface area contributed by atoms with Gasteiger partial charge in [-0.15, -0.1) is 0 Å². The SMILES string of the molecule is CCC(=O)N1CCC(Nc2c([N+](=O)[O-])cc(CO)c(C)c2[N+](=O)[O-])C1. The molecule has 0 saturated carbocycles. The Kier molecular flexibility index (Phi) is 5.52. The molecule has 1 aromatic rings. The maximum Gasteiger partial charge on any atom is 0.302 e. The van der Waals surface area contributed by atoms with E-state index in [1.54, 1.807) is 11.8 Å². The molecule has 1 fully saturated rings. The second-order valence-corrected chi connectivity index (χ2v) is 5.90. The predicted molar refractivity (Wildman–Crippen MR) is 89.3 cm³/mol. The van der Waals surface area contributed by atoms with Gasteiger partial charge in [-0.1, -0.05) is 6.92 Å². The van der Waals surface area contributed by atoms with Crippen LogP contribution in [0.15, 0.2) is 6.07 Å². The van der Waals surface area contributed by atoms with Crippen molar-refractivity contribution in [3.8, 4) is 0 Å². The van der Waals surface area contributed by atoms with Gasteiger partial charge in [-0.05, 0) is 18.9 Å². The van der Waals surface area contributed by atoms with Crippen LogP contribution in [0.4, 0.5) is 17.1 Å². The molecular formula is C15H20N4O6. The Bertz CT molecular complexity index is 720. The van der Waals surface area contributed by atoms with Crippen molar-refractivity contribution in [2.24, 2.45) is 0 Å². The van der Waals surface area contributed by atoms with Gasteiger partial charge in [-0.3, -0.25) is 25.0 Å². The van der Waals surface area contributed by atoms with Crippen molar-refractivity contribution in [1.82, 2.24) is 4.90 Å². The highest BCUT2D eigenvalue weighted by molar-refractivity contribution is 5.79. The quantitative estimate of drug-likeness (QED) is 0.587. The summed E-state index contributed by atoms with van der Waals surface area (Å²) in [5.74, 6) is -0.0277. The zero-order valence-corrected chi connectivity index (χ0v) is 14.0. The summed E-state index contributed by atoms with van der Waals surface area (Å²) in [5.41, 5.74) is -0.737. The maximum absolute atomic E-state index is 11.8. The van der Waals surface area contributed by atoms with Gasteiger partial charge in [0.15, 0.2) is 5.69 Å². The summed E-state index contributed by atoms with van der Waals surface area (Å²) < 4.78 is 0. The zero-order valence-electron chi connectivity index (χ0n) is 14.0. The van der Waals surface area contributed by atoms with Gasteiger partial charge >= 0.3 is 5.69 Å². The molecule has 25 heavy (non-hydrogen) atoms. The van der Waals surface area contributed by atoms with Crippen LogP contribution in [0.1, 0.15) is 30.9 Å². The molecule has 136 valence electrons. The average Bonchev–Trinajstić information content (AvgIpc) is 3.02. The van der Waals surface area contributed by atoms with Crippen LogP contribution in [0.5, 0.6) is 0 Å². The number of likely N-dealkylation sites (tertiary alicyclic amines) is 1. The molecule has 0 bridgehead atoms. The third kappa shape index (κ3) is 3.68. The normalized spacial score (nSPS) is 16.8. The fourth-order valence-corrected chi connectivity index (χ4v) is 3.02. The number of aliphatic hydroxyl groups excluding tert-OH is 1. The number of nitrogens with zero attached hydrogens (tertiary/aromatic N) is 3. The van der Waals surface area contributed by atoms with Gasteiger partial charge in [-0.25, -0.2) is 0 Å². The zero-order chi connectivity index (χ0) is 18.7. The number of anilines is 1. The molecule has 0 spiro atoms. The van der Waals surface area contributed by atoms with Crippen molar-refractivity contribution in [2.75, 3.05) is 18.4 Å². The fourth-order valence-electron chi connectivity index (χ4n) is 3.02. The third-order valence-corrected chi connectivity index (χ3v) is 4.38. The van der Waals surface area contributed by atoms with Crippen LogP contribution in [0.2, 0.25) is 0 Å². The lowest BCUT2D eigenvalue weighted by Gasteiger charge is -2.18. The number of nitro benzene ring substituents is 2. The van der Waals surface area contributed by atoms with Crippen LogP contribution in [0, 0.1) is 27.2 Å². The molecule has 10 heteroatoms. The summed E-state index contributed by atoms with van der Waals surface area (Å²) in [6, 6.07) is 0.835. The molecule has 1 saturated heterocycles. The summed E-state index contributed by atoms with van der Waals surface area (Å²) in [4.78, 5) is 34.8. The second kappa shape index (κ2) is 7.43. The number of hydrogen-bond acceptors (Lipinski definition) is 7. The first-order chi connectivity index (χ1) is 11.8. The predicted octanol–water partition coefficient (Wildman–Crippen LogP) is 1.73. The summed E-state index contributed by atoms with van der Waals surface area (Å²) in [6.07, 6.45) is 0.901. The van der Waals surface area contributed by atoms with Crippen LogP contribution in [-0.2, 0) is 11.4 Å². The number of aliphatic hydroxyl groups is 1. The van der Waals surface area contributed by atoms with Crippen LogP contribution >= 0.6 is 0 Å². The Morgan fingerprint density at radius 2 is 2.08 bits per heavy atom. The van der Waals surface area contributed by atoms with Crippen LogP contribution in [-0.4, -0.2) is 44.9 Å². The van der Waals surface area contributed by atoms with E-state index in [-0.39, 0.29) is 28.8 Å². The highest BCUT2D eigenvalue weighted by Crippen LogP contribution is 2.40. The number of amides is 1. The van der Waals surface area contributed by atoms with E-state index in [4.69, 9.17) is 0 Å². The van der Waals surface area contributed by atoms with Crippen molar-refractivity contribution in [3.05, 3.63) is 37.4 Å². The van der Waals surface area contributed by atoms with E-state index in [9.17, 15) is 30.1 Å². The largest absolute Gasteiger partial charge is 0.392 e. The molecule has 1 unspecified atom stereocenters. The molecule has 2 N–H and O–H groups in total. The standard InChI is InChI=1S/C15H20N4O6/c1-3-13(21)17-5-4-11(7-17)16-14-12(18(22)23)6-10(8-20)9(2)15(14)19(24)25/h6,11,16,20H,3-5,7-8H2,1-2H3. The molecule has 10 nitrogen and oxygen atoms in total. The van der Waals surface area contributed by atoms with Gasteiger partial charge in [0, 0.05) is 37.2 Å². The van der Waals surface area contributed by atoms with Gasteiger partial charge in [0.2, 0.25) is 5.91 Å². The lowest BCUT2D eigenvalue weighted by molar-refractivity contribution is -0.392. The van der Waals surface area contributed by atoms with E-state index < -0.39 is 27.8 Å². The molecule has 2 rings (SSSR count). The van der Waals surface area contributed by atoms with Gasteiger partial charge in [0.25, 0.3) is 5.69 Å². The molecule has 0 aromatic heterocycles. The molecule has 1 aliphatic rings. The lowest BCUT2D eigenvalue weighted by atomic mass is 10.0. The Labute approximate surface area is 143 Å². The number of hydrogen-bond donors (Lipinski definition) is 2. The van der Waals surface area contributed by atoms with E-state index >= 15 is 0 Å². The topological polar surface area (TPSA) is 139 Å². The molecular weight excluding hydrogens is 332 g/mol. The van der Waals surface area contributed by atoms with E-state index in [1.807, 2.05) is 0 Å². The summed E-state index contributed by atoms with van der Waals surface area (Å²) in [7, 11) is 0. The van der Waals surface area contributed by atoms with Crippen molar-refractivity contribution in [1.29, 1.82) is 0 Å². The molecule has 1 aliphatic heterocycles. The van der Waals surface area contributed by atoms with Crippen LogP contribution in [0.3, 0.4) is 0 Å². The van der Waals surface area contributed by atoms with Crippen molar-refractivity contribution < 1.29 is 19.7 Å². The Morgan fingerprint density at radius 1 is 1.40 bits per heavy atom. The van der Waals surface area contributed by atoms with Crippen molar-refractivity contribution in [3.63, 3.8) is 0 Å². The van der Waals surface area contributed by atoms with E-state index in [0.717, 1.165) is 6.07 Å². The molecule has 1 aromatic carbocycles. The molecule has 1 atom stereocenters. The summed E-state index contributed by atoms with van der Waals surface area (Å²) >= 11 is 0. The molecule has 0 aliphatic carbocycles. The first kappa shape index (κ1) is 18.6. The smallest absolute Gasteiger partial charge is 0.302 e. The van der Waals surface area contributed by atoms with Crippen LogP contribution in [0.25, 0.3) is 0 Å².